The molecule has 31 heavy (non-hydrogen) atoms. The fourth-order valence-corrected chi connectivity index (χ4v) is 4.56. The average Bonchev–Trinajstić information content (AvgIpc) is 3.38. The van der Waals surface area contributed by atoms with Crippen LogP contribution in [0.1, 0.15) is 57.4 Å². The molecule has 5 nitrogen and oxygen atoms in total. The molecule has 0 bridgehead atoms. The highest BCUT2D eigenvalue weighted by Gasteiger charge is 2.49. The first-order chi connectivity index (χ1) is 15.1. The minimum Gasteiger partial charge on any atom is -0.479 e. The molecule has 2 aromatic rings. The van der Waals surface area contributed by atoms with Crippen LogP contribution in [0.25, 0.3) is 11.1 Å². The molecule has 1 heterocycles. The van der Waals surface area contributed by atoms with E-state index >= 15 is 0 Å². The van der Waals surface area contributed by atoms with Crippen LogP contribution < -0.4 is 4.74 Å². The molecular formula is C26H29N3O2. The predicted molar refractivity (Wildman–Crippen MR) is 122 cm³/mol. The minimum absolute atomic E-state index is 0.0374. The maximum Gasteiger partial charge on any atom is 0.256 e. The largest absolute Gasteiger partial charge is 0.479 e. The van der Waals surface area contributed by atoms with Crippen molar-refractivity contribution >= 4 is 11.7 Å². The van der Waals surface area contributed by atoms with Crippen LogP contribution in [-0.4, -0.2) is 28.8 Å². The molecule has 1 aliphatic carbocycles. The van der Waals surface area contributed by atoms with E-state index in [4.69, 9.17) is 15.0 Å². The second-order valence-electron chi connectivity index (χ2n) is 8.43. The van der Waals surface area contributed by atoms with E-state index in [9.17, 15) is 4.79 Å². The van der Waals surface area contributed by atoms with Crippen LogP contribution in [0.4, 0.5) is 0 Å². The second kappa shape index (κ2) is 9.34. The van der Waals surface area contributed by atoms with E-state index in [0.717, 1.165) is 67.5 Å². The number of rotatable bonds is 8. The number of ether oxygens (including phenoxy) is 1. The molecule has 5 heteroatoms. The third-order valence-corrected chi connectivity index (χ3v) is 6.25. The molecule has 0 aromatic heterocycles. The zero-order valence-corrected chi connectivity index (χ0v) is 18.1. The number of nitriles is 1. The van der Waals surface area contributed by atoms with Gasteiger partial charge in [-0.2, -0.15) is 5.26 Å². The normalized spacial score (nSPS) is 17.1. The summed E-state index contributed by atoms with van der Waals surface area (Å²) in [6, 6.07) is 18.1. The van der Waals surface area contributed by atoms with Gasteiger partial charge >= 0.3 is 0 Å². The van der Waals surface area contributed by atoms with Gasteiger partial charge in [-0.15, -0.1) is 0 Å². The van der Waals surface area contributed by atoms with Crippen LogP contribution >= 0.6 is 0 Å². The number of carbonyl (C=O) groups is 1. The third kappa shape index (κ3) is 4.49. The van der Waals surface area contributed by atoms with Crippen molar-refractivity contribution in [3.05, 3.63) is 54.1 Å². The molecule has 2 aromatic carbocycles. The molecule has 0 radical (unpaired) electrons. The minimum atomic E-state index is -0.479. The lowest BCUT2D eigenvalue weighted by Crippen LogP contribution is -2.40. The number of amides is 1. The van der Waals surface area contributed by atoms with E-state index in [1.165, 1.54) is 0 Å². The van der Waals surface area contributed by atoms with Crippen LogP contribution in [0.5, 0.6) is 5.75 Å². The van der Waals surface area contributed by atoms with Crippen LogP contribution in [0, 0.1) is 11.3 Å². The number of hydrogen-bond acceptors (Lipinski definition) is 4. The van der Waals surface area contributed by atoms with Crippen LogP contribution in [-0.2, 0) is 11.3 Å². The highest BCUT2D eigenvalue weighted by atomic mass is 16.5. The molecule has 1 spiro atoms. The molecule has 1 saturated carbocycles. The van der Waals surface area contributed by atoms with E-state index in [-0.39, 0.29) is 12.5 Å². The monoisotopic (exact) mass is 415 g/mol. The summed E-state index contributed by atoms with van der Waals surface area (Å²) in [4.78, 5) is 20.2. The molecule has 1 aliphatic heterocycles. The quantitative estimate of drug-likeness (QED) is 0.572. The molecular weight excluding hydrogens is 386 g/mol. The van der Waals surface area contributed by atoms with Crippen molar-refractivity contribution in [1.29, 1.82) is 5.26 Å². The van der Waals surface area contributed by atoms with Crippen molar-refractivity contribution in [2.24, 2.45) is 4.99 Å². The standard InChI is InChI=1S/C26H29N3O2/c1-2-3-9-24-28-26(14-4-5-15-26)25(30)29(24)19-20-10-12-21(13-11-20)22-7-6-8-23(18-22)31-17-16-27/h6-8,10-13,18H,2-5,9,14-15,17,19H2,1H3. The second-order valence-corrected chi connectivity index (χ2v) is 8.43. The molecule has 1 amide bonds. The number of benzene rings is 2. The number of unbranched alkanes of at least 4 members (excludes halogenated alkanes) is 1. The van der Waals surface area contributed by atoms with Gasteiger partial charge in [0.05, 0.1) is 6.54 Å². The summed E-state index contributed by atoms with van der Waals surface area (Å²) in [7, 11) is 0. The Kier molecular flexibility index (Phi) is 6.36. The molecule has 0 N–H and O–H groups in total. The lowest BCUT2D eigenvalue weighted by atomic mass is 9.98. The number of carbonyl (C=O) groups excluding carboxylic acids is 1. The Morgan fingerprint density at radius 1 is 1.13 bits per heavy atom. The highest BCUT2D eigenvalue weighted by Crippen LogP contribution is 2.40. The van der Waals surface area contributed by atoms with Crippen LogP contribution in [0.2, 0.25) is 0 Å². The Balaban J connectivity index is 1.50. The highest BCUT2D eigenvalue weighted by molar-refractivity contribution is 6.08. The lowest BCUT2D eigenvalue weighted by Gasteiger charge is -2.22. The van der Waals surface area contributed by atoms with Gasteiger partial charge in [0.1, 0.15) is 23.2 Å². The summed E-state index contributed by atoms with van der Waals surface area (Å²) in [6.07, 6.45) is 6.99. The van der Waals surface area contributed by atoms with Gasteiger partial charge in [-0.25, -0.2) is 0 Å². The van der Waals surface area contributed by atoms with Crippen LogP contribution in [0.3, 0.4) is 0 Å². The van der Waals surface area contributed by atoms with Gasteiger partial charge in [0.25, 0.3) is 5.91 Å². The Morgan fingerprint density at radius 3 is 2.61 bits per heavy atom. The Morgan fingerprint density at radius 2 is 1.90 bits per heavy atom. The molecule has 1 fully saturated rings. The lowest BCUT2D eigenvalue weighted by molar-refractivity contribution is -0.131. The summed E-state index contributed by atoms with van der Waals surface area (Å²) in [6.45, 7) is 2.79. The number of amidine groups is 1. The SMILES string of the molecule is CCCCC1=NC2(CCCC2)C(=O)N1Cc1ccc(-c2cccc(OCC#N)c2)cc1. The van der Waals surface area contributed by atoms with E-state index in [1.54, 1.807) is 0 Å². The molecule has 0 atom stereocenters. The Labute approximate surface area is 184 Å². The maximum absolute atomic E-state index is 13.3. The smallest absolute Gasteiger partial charge is 0.256 e. The first-order valence-electron chi connectivity index (χ1n) is 11.2. The fraction of sp³-hybridized carbons (Fsp3) is 0.423. The summed E-state index contributed by atoms with van der Waals surface area (Å²) in [5.74, 6) is 1.85. The van der Waals surface area contributed by atoms with Crippen molar-refractivity contribution in [3.63, 3.8) is 0 Å². The number of nitrogens with zero attached hydrogens (tertiary/aromatic N) is 3. The van der Waals surface area contributed by atoms with Gasteiger partial charge in [-0.05, 0) is 48.1 Å². The van der Waals surface area contributed by atoms with Gasteiger partial charge < -0.3 is 4.74 Å². The number of aliphatic imine (C=N–C) groups is 1. The van der Waals surface area contributed by atoms with Gasteiger partial charge in [0.15, 0.2) is 6.61 Å². The van der Waals surface area contributed by atoms with Gasteiger partial charge in [0.2, 0.25) is 0 Å². The van der Waals surface area contributed by atoms with Crippen molar-refractivity contribution < 1.29 is 9.53 Å². The summed E-state index contributed by atoms with van der Waals surface area (Å²) < 4.78 is 5.41. The topological polar surface area (TPSA) is 65.7 Å². The van der Waals surface area contributed by atoms with Gasteiger partial charge in [-0.3, -0.25) is 14.7 Å². The fourth-order valence-electron chi connectivity index (χ4n) is 4.56. The summed E-state index contributed by atoms with van der Waals surface area (Å²) >= 11 is 0. The van der Waals surface area contributed by atoms with Crippen molar-refractivity contribution in [2.45, 2.75) is 64.0 Å². The van der Waals surface area contributed by atoms with E-state index in [2.05, 4.69) is 31.2 Å². The maximum atomic E-state index is 13.3. The average molecular weight is 416 g/mol. The Hall–Kier alpha value is -3.13. The number of hydrogen-bond donors (Lipinski definition) is 0. The van der Waals surface area contributed by atoms with Crippen LogP contribution in [0.15, 0.2) is 53.5 Å². The molecule has 0 saturated heterocycles. The van der Waals surface area contributed by atoms with Crippen molar-refractivity contribution in [2.75, 3.05) is 6.61 Å². The molecule has 0 unspecified atom stereocenters. The molecule has 2 aliphatic rings. The zero-order valence-electron chi connectivity index (χ0n) is 18.1. The first kappa shape index (κ1) is 21.1. The van der Waals surface area contributed by atoms with Crippen molar-refractivity contribution in [3.8, 4) is 22.9 Å². The first-order valence-corrected chi connectivity index (χ1v) is 11.2. The summed E-state index contributed by atoms with van der Waals surface area (Å²) in [5.41, 5.74) is 2.74. The van der Waals surface area contributed by atoms with Gasteiger partial charge in [-0.1, -0.05) is 62.6 Å². The molecule has 160 valence electrons. The van der Waals surface area contributed by atoms with Crippen molar-refractivity contribution in [1.82, 2.24) is 4.90 Å². The van der Waals surface area contributed by atoms with E-state index in [1.807, 2.05) is 35.2 Å². The van der Waals surface area contributed by atoms with E-state index in [0.29, 0.717) is 12.3 Å². The summed E-state index contributed by atoms with van der Waals surface area (Å²) in [5, 5.41) is 8.70. The molecule has 4 rings (SSSR count). The van der Waals surface area contributed by atoms with E-state index < -0.39 is 5.54 Å². The van der Waals surface area contributed by atoms with Gasteiger partial charge in [0, 0.05) is 6.42 Å². The zero-order chi connectivity index (χ0) is 21.7. The third-order valence-electron chi connectivity index (χ3n) is 6.25. The Bertz CT molecular complexity index is 998. The predicted octanol–water partition coefficient (Wildman–Crippen LogP) is 5.50.